The average molecular weight is 507 g/mol. The van der Waals surface area contributed by atoms with Crippen molar-refractivity contribution in [1.29, 1.82) is 0 Å². The van der Waals surface area contributed by atoms with Gasteiger partial charge in [0.2, 0.25) is 11.8 Å². The van der Waals surface area contributed by atoms with Crippen molar-refractivity contribution >= 4 is 23.8 Å². The number of nitrogens with zero attached hydrogens (tertiary/aromatic N) is 2. The molecular formula is C28H46N2O6. The van der Waals surface area contributed by atoms with Gasteiger partial charge in [-0.3, -0.25) is 9.59 Å². The van der Waals surface area contributed by atoms with Crippen molar-refractivity contribution in [3.8, 4) is 0 Å². The summed E-state index contributed by atoms with van der Waals surface area (Å²) in [5, 5.41) is 0. The van der Waals surface area contributed by atoms with Crippen LogP contribution in [-0.4, -0.2) is 72.9 Å². The molecule has 0 radical (unpaired) electrons. The molecule has 204 valence electrons. The Balaban J connectivity index is 1.39. The second-order valence-electron chi connectivity index (χ2n) is 9.88. The Morgan fingerprint density at radius 3 is 1.44 bits per heavy atom. The molecular weight excluding hydrogens is 460 g/mol. The predicted molar refractivity (Wildman–Crippen MR) is 138 cm³/mol. The first-order chi connectivity index (χ1) is 17.6. The van der Waals surface area contributed by atoms with Crippen molar-refractivity contribution in [2.45, 2.75) is 103 Å². The van der Waals surface area contributed by atoms with E-state index in [1.54, 1.807) is 0 Å². The van der Waals surface area contributed by atoms with Crippen LogP contribution in [0.15, 0.2) is 12.2 Å². The first-order valence-electron chi connectivity index (χ1n) is 14.1. The van der Waals surface area contributed by atoms with Crippen molar-refractivity contribution in [1.82, 2.24) is 9.80 Å². The first kappa shape index (κ1) is 29.8. The summed E-state index contributed by atoms with van der Waals surface area (Å²) in [6.45, 7) is 4.06. The molecule has 2 fully saturated rings. The topological polar surface area (TPSA) is 93.2 Å². The van der Waals surface area contributed by atoms with E-state index in [2.05, 4.69) is 0 Å². The molecule has 0 aliphatic carbocycles. The van der Waals surface area contributed by atoms with Gasteiger partial charge in [0, 0.05) is 51.2 Å². The van der Waals surface area contributed by atoms with Crippen LogP contribution in [0.1, 0.15) is 103 Å². The lowest BCUT2D eigenvalue weighted by molar-refractivity contribution is -0.140. The molecule has 8 heteroatoms. The Labute approximate surface area is 216 Å². The van der Waals surface area contributed by atoms with Crippen molar-refractivity contribution in [2.75, 3.05) is 39.4 Å². The van der Waals surface area contributed by atoms with E-state index in [1.165, 1.54) is 0 Å². The van der Waals surface area contributed by atoms with Gasteiger partial charge in [0.05, 0.1) is 13.2 Å². The number of carbonyl (C=O) groups excluding carboxylic acids is 4. The van der Waals surface area contributed by atoms with E-state index in [0.717, 1.165) is 128 Å². The SMILES string of the molecule is O=C(/C=C\C(=O)OCCCCCCN1CCCCCC1=O)OCCCCCCN1CCCCCC1=O. The molecule has 0 aromatic carbocycles. The molecule has 2 heterocycles. The summed E-state index contributed by atoms with van der Waals surface area (Å²) in [7, 11) is 0. The van der Waals surface area contributed by atoms with Crippen molar-refractivity contribution in [3.05, 3.63) is 12.2 Å². The van der Waals surface area contributed by atoms with Crippen LogP contribution in [0.3, 0.4) is 0 Å². The van der Waals surface area contributed by atoms with E-state index in [9.17, 15) is 19.2 Å². The Hall–Kier alpha value is -2.38. The zero-order valence-electron chi connectivity index (χ0n) is 22.1. The average Bonchev–Trinajstić information content (AvgIpc) is 3.20. The highest BCUT2D eigenvalue weighted by Crippen LogP contribution is 2.13. The molecule has 0 aromatic heterocycles. The maximum absolute atomic E-state index is 12.0. The third-order valence-corrected chi connectivity index (χ3v) is 6.83. The molecule has 8 nitrogen and oxygen atoms in total. The number of carbonyl (C=O) groups is 4. The van der Waals surface area contributed by atoms with Crippen molar-refractivity contribution in [2.24, 2.45) is 0 Å². The highest BCUT2D eigenvalue weighted by molar-refractivity contribution is 5.91. The second-order valence-corrected chi connectivity index (χ2v) is 9.88. The van der Waals surface area contributed by atoms with Crippen LogP contribution in [0.25, 0.3) is 0 Å². The number of unbranched alkanes of at least 4 members (excludes halogenated alkanes) is 6. The van der Waals surface area contributed by atoms with Gasteiger partial charge in [0.15, 0.2) is 0 Å². The minimum Gasteiger partial charge on any atom is -0.463 e. The predicted octanol–water partition coefficient (Wildman–Crippen LogP) is 4.56. The molecule has 0 N–H and O–H groups in total. The molecule has 2 saturated heterocycles. The Bertz CT molecular complexity index is 650. The summed E-state index contributed by atoms with van der Waals surface area (Å²) in [5.74, 6) is -0.511. The highest BCUT2D eigenvalue weighted by atomic mass is 16.5. The van der Waals surface area contributed by atoms with Crippen LogP contribution in [0.2, 0.25) is 0 Å². The van der Waals surface area contributed by atoms with Crippen molar-refractivity contribution in [3.63, 3.8) is 0 Å². The zero-order valence-corrected chi connectivity index (χ0v) is 22.1. The van der Waals surface area contributed by atoms with E-state index < -0.39 is 11.9 Å². The number of likely N-dealkylation sites (tertiary alicyclic amines) is 2. The lowest BCUT2D eigenvalue weighted by Crippen LogP contribution is -2.31. The fourth-order valence-electron chi connectivity index (χ4n) is 4.64. The zero-order chi connectivity index (χ0) is 25.8. The van der Waals surface area contributed by atoms with Crippen LogP contribution in [-0.2, 0) is 28.7 Å². The second kappa shape index (κ2) is 18.8. The van der Waals surface area contributed by atoms with Gasteiger partial charge in [0.1, 0.15) is 0 Å². The molecule has 2 rings (SSSR count). The van der Waals surface area contributed by atoms with E-state index in [4.69, 9.17) is 9.47 Å². The number of amides is 2. The molecule has 2 amide bonds. The molecule has 0 unspecified atom stereocenters. The maximum atomic E-state index is 12.0. The van der Waals surface area contributed by atoms with Gasteiger partial charge in [-0.15, -0.1) is 0 Å². The summed E-state index contributed by atoms with van der Waals surface area (Å²) in [6, 6.07) is 0. The molecule has 0 saturated carbocycles. The quantitative estimate of drug-likeness (QED) is 0.173. The van der Waals surface area contributed by atoms with Crippen LogP contribution < -0.4 is 0 Å². The molecule has 2 aliphatic rings. The molecule has 2 aliphatic heterocycles. The highest BCUT2D eigenvalue weighted by Gasteiger charge is 2.16. The molecule has 0 spiro atoms. The fourth-order valence-corrected chi connectivity index (χ4v) is 4.64. The number of hydrogen-bond donors (Lipinski definition) is 0. The lowest BCUT2D eigenvalue weighted by atomic mass is 10.2. The summed E-state index contributed by atoms with van der Waals surface area (Å²) in [6.07, 6.45) is 17.5. The van der Waals surface area contributed by atoms with Crippen molar-refractivity contribution < 1.29 is 28.7 Å². The third kappa shape index (κ3) is 13.6. The summed E-state index contributed by atoms with van der Waals surface area (Å²) in [4.78, 5) is 51.4. The van der Waals surface area contributed by atoms with Crippen LogP contribution in [0, 0.1) is 0 Å². The minimum absolute atomic E-state index is 0.282. The maximum Gasteiger partial charge on any atom is 0.331 e. The first-order valence-corrected chi connectivity index (χ1v) is 14.1. The molecule has 36 heavy (non-hydrogen) atoms. The van der Waals surface area contributed by atoms with Gasteiger partial charge in [-0.25, -0.2) is 9.59 Å². The standard InChI is InChI=1S/C28H46N2O6/c31-25-15-7-5-11-21-29(25)19-9-1-3-13-23-35-27(33)17-18-28(34)36-24-14-4-2-10-20-30-22-12-6-8-16-26(30)32/h17-18H,1-16,19-24H2/b18-17-. The number of ether oxygens (including phenoxy) is 2. The van der Waals surface area contributed by atoms with Gasteiger partial charge >= 0.3 is 11.9 Å². The van der Waals surface area contributed by atoms with Gasteiger partial charge in [-0.2, -0.15) is 0 Å². The normalized spacial score (nSPS) is 17.2. The number of rotatable bonds is 16. The minimum atomic E-state index is -0.537. The molecule has 0 atom stereocenters. The van der Waals surface area contributed by atoms with E-state index in [0.29, 0.717) is 26.1 Å². The molecule has 0 bridgehead atoms. The lowest BCUT2D eigenvalue weighted by Gasteiger charge is -2.20. The number of esters is 2. The van der Waals surface area contributed by atoms with E-state index in [-0.39, 0.29) is 11.8 Å². The summed E-state index contributed by atoms with van der Waals surface area (Å²) >= 11 is 0. The largest absolute Gasteiger partial charge is 0.463 e. The van der Waals surface area contributed by atoms with Crippen LogP contribution >= 0.6 is 0 Å². The molecule has 0 aromatic rings. The summed E-state index contributed by atoms with van der Waals surface area (Å²) < 4.78 is 10.3. The Morgan fingerprint density at radius 2 is 1.00 bits per heavy atom. The fraction of sp³-hybridized carbons (Fsp3) is 0.786. The van der Waals surface area contributed by atoms with Gasteiger partial charge < -0.3 is 19.3 Å². The Kier molecular flexibility index (Phi) is 15.6. The third-order valence-electron chi connectivity index (χ3n) is 6.83. The van der Waals surface area contributed by atoms with Crippen LogP contribution in [0.5, 0.6) is 0 Å². The van der Waals surface area contributed by atoms with E-state index in [1.807, 2.05) is 9.80 Å². The van der Waals surface area contributed by atoms with Gasteiger partial charge in [-0.05, 0) is 64.2 Å². The smallest absolute Gasteiger partial charge is 0.331 e. The van der Waals surface area contributed by atoms with Gasteiger partial charge in [-0.1, -0.05) is 25.7 Å². The number of hydrogen-bond acceptors (Lipinski definition) is 6. The summed E-state index contributed by atoms with van der Waals surface area (Å²) in [5.41, 5.74) is 0. The van der Waals surface area contributed by atoms with Crippen LogP contribution in [0.4, 0.5) is 0 Å². The van der Waals surface area contributed by atoms with E-state index >= 15 is 0 Å². The van der Waals surface area contributed by atoms with Gasteiger partial charge in [0.25, 0.3) is 0 Å². The Morgan fingerprint density at radius 1 is 0.583 bits per heavy atom. The monoisotopic (exact) mass is 506 g/mol.